The predicted molar refractivity (Wildman–Crippen MR) is 117 cm³/mol. The maximum Gasteiger partial charge on any atom is 0.461 e. The molecule has 0 aliphatic carbocycles. The zero-order chi connectivity index (χ0) is 29.9. The quantitative estimate of drug-likeness (QED) is 0.117. The van der Waals surface area contributed by atoms with E-state index in [9.17, 15) is 53.4 Å². The molecule has 0 radical (unpaired) electrons. The Hall–Kier alpha value is -4.22. The van der Waals surface area contributed by atoms with Crippen LogP contribution in [0.2, 0.25) is 0 Å². The Kier molecular flexibility index (Phi) is 8.42. The number of hydrogen-bond acceptors (Lipinski definition) is 7. The lowest BCUT2D eigenvalue weighted by atomic mass is 9.92. The van der Waals surface area contributed by atoms with Gasteiger partial charge in [0.05, 0.1) is 6.21 Å². The van der Waals surface area contributed by atoms with Gasteiger partial charge in [0.15, 0.2) is 0 Å². The maximum atomic E-state index is 13.9. The van der Waals surface area contributed by atoms with Crippen LogP contribution in [-0.4, -0.2) is 46.2 Å². The van der Waals surface area contributed by atoms with Gasteiger partial charge in [0, 0.05) is 17.3 Å². The fraction of sp³-hybridized carbons (Fsp3) is 0.227. The first-order valence-electron chi connectivity index (χ1n) is 10.4. The van der Waals surface area contributed by atoms with E-state index >= 15 is 0 Å². The van der Waals surface area contributed by atoms with Crippen molar-refractivity contribution in [3.63, 3.8) is 0 Å². The molecule has 1 aromatic heterocycles. The van der Waals surface area contributed by atoms with E-state index in [4.69, 9.17) is 0 Å². The molecule has 0 fully saturated rings. The Morgan fingerprint density at radius 1 is 0.850 bits per heavy atom. The van der Waals surface area contributed by atoms with Crippen molar-refractivity contribution in [1.82, 2.24) is 9.97 Å². The van der Waals surface area contributed by atoms with Gasteiger partial charge in [0.25, 0.3) is 5.60 Å². The lowest BCUT2D eigenvalue weighted by molar-refractivity contribution is -0.376. The Balaban J connectivity index is 1.69. The number of nitrogens with one attached hydrogen (secondary N) is 2. The minimum absolute atomic E-state index is 0.136. The van der Waals surface area contributed by atoms with Crippen molar-refractivity contribution in [2.45, 2.75) is 30.5 Å². The molecule has 0 unspecified atom stereocenters. The molecule has 0 amide bonds. The summed E-state index contributed by atoms with van der Waals surface area (Å²) < 4.78 is 146. The van der Waals surface area contributed by atoms with Crippen molar-refractivity contribution in [3.05, 3.63) is 71.7 Å². The first kappa shape index (κ1) is 30.3. The van der Waals surface area contributed by atoms with Gasteiger partial charge in [-0.3, -0.25) is 0 Å². The molecule has 0 bridgehead atoms. The van der Waals surface area contributed by atoms with Crippen molar-refractivity contribution in [2.24, 2.45) is 5.10 Å². The van der Waals surface area contributed by atoms with Gasteiger partial charge in [0.2, 0.25) is 11.9 Å². The van der Waals surface area contributed by atoms with Crippen molar-refractivity contribution >= 4 is 23.7 Å². The third-order valence-corrected chi connectivity index (χ3v) is 4.86. The summed E-state index contributed by atoms with van der Waals surface area (Å²) in [6.45, 7) is 0. The molecule has 3 aromatic rings. The molecule has 3 rings (SSSR count). The maximum absolute atomic E-state index is 13.9. The van der Waals surface area contributed by atoms with Gasteiger partial charge in [-0.25, -0.2) is 5.43 Å². The van der Waals surface area contributed by atoms with E-state index in [-0.39, 0.29) is 17.1 Å². The first-order chi connectivity index (χ1) is 18.4. The highest BCUT2D eigenvalue weighted by Crippen LogP contribution is 2.50. The van der Waals surface area contributed by atoms with Crippen molar-refractivity contribution in [2.75, 3.05) is 10.7 Å². The number of anilines is 3. The number of aromatic nitrogens is 2. The number of aliphatic hydroxyl groups is 1. The molecule has 0 saturated carbocycles. The summed E-state index contributed by atoms with van der Waals surface area (Å²) in [5.74, 6) is -2.46. The Labute approximate surface area is 216 Å². The van der Waals surface area contributed by atoms with Crippen LogP contribution < -0.4 is 15.5 Å². The number of halogens is 11. The molecule has 0 spiro atoms. The van der Waals surface area contributed by atoms with Gasteiger partial charge >= 0.3 is 24.9 Å². The summed E-state index contributed by atoms with van der Waals surface area (Å²) >= 11 is 0. The first-order valence-corrected chi connectivity index (χ1v) is 10.4. The van der Waals surface area contributed by atoms with Crippen LogP contribution in [-0.2, 0) is 5.60 Å². The number of rotatable bonds is 9. The van der Waals surface area contributed by atoms with Crippen molar-refractivity contribution < 1.29 is 58.1 Å². The van der Waals surface area contributed by atoms with Crippen LogP contribution >= 0.6 is 0 Å². The van der Waals surface area contributed by atoms with E-state index < -0.39 is 53.7 Å². The standard InChI is InChI=1S/C22H14F11N5O2/c23-15-9-16(35-13-5-3-12(4-6-13)19(39,21(28,29)30)22(31,32)33)37-18(36-15)38-34-10-11-1-7-14(8-2-11)40-20(26,27)17(24)25/h1-10,17,39H,(H2,35,36,37,38)/b34-10-. The molecule has 0 aliphatic rings. The van der Waals surface area contributed by atoms with E-state index in [1.807, 2.05) is 0 Å². The van der Waals surface area contributed by atoms with E-state index in [1.54, 1.807) is 0 Å². The van der Waals surface area contributed by atoms with Gasteiger partial charge < -0.3 is 15.2 Å². The molecule has 3 N–H and O–H groups in total. The number of benzene rings is 2. The van der Waals surface area contributed by atoms with Crippen LogP contribution in [0.3, 0.4) is 0 Å². The molecular weight excluding hydrogens is 575 g/mol. The van der Waals surface area contributed by atoms with Crippen LogP contribution in [0.15, 0.2) is 59.7 Å². The SMILES string of the molecule is OC(c1ccc(Nc2cc(F)nc(N/N=C\c3ccc(OC(F)(F)C(F)F)cc3)n2)cc1)(C(F)(F)F)C(F)(F)F. The second-order valence-electron chi connectivity index (χ2n) is 7.71. The topological polar surface area (TPSA) is 91.7 Å². The van der Waals surface area contributed by atoms with Crippen LogP contribution in [0.4, 0.5) is 65.7 Å². The molecule has 7 nitrogen and oxygen atoms in total. The summed E-state index contributed by atoms with van der Waals surface area (Å²) in [7, 11) is 0. The van der Waals surface area contributed by atoms with Crippen LogP contribution in [0.5, 0.6) is 5.75 Å². The summed E-state index contributed by atoms with van der Waals surface area (Å²) in [4.78, 5) is 7.19. The lowest BCUT2D eigenvalue weighted by Gasteiger charge is -2.32. The smallest absolute Gasteiger partial charge is 0.428 e. The molecule has 0 atom stereocenters. The number of nitrogens with zero attached hydrogens (tertiary/aromatic N) is 3. The van der Waals surface area contributed by atoms with Gasteiger partial charge in [-0.15, -0.1) is 0 Å². The fourth-order valence-corrected chi connectivity index (χ4v) is 2.95. The molecule has 2 aromatic carbocycles. The van der Waals surface area contributed by atoms with Crippen molar-refractivity contribution in [1.29, 1.82) is 0 Å². The normalized spacial score (nSPS) is 13.1. The Bertz CT molecular complexity index is 1310. The molecule has 0 saturated heterocycles. The highest BCUT2D eigenvalue weighted by Gasteiger charge is 2.71. The Morgan fingerprint density at radius 2 is 1.43 bits per heavy atom. The minimum Gasteiger partial charge on any atom is -0.428 e. The number of hydrazone groups is 1. The van der Waals surface area contributed by atoms with E-state index in [1.165, 1.54) is 12.1 Å². The van der Waals surface area contributed by atoms with Gasteiger partial charge in [-0.05, 0) is 42.0 Å². The van der Waals surface area contributed by atoms with Gasteiger partial charge in [0.1, 0.15) is 11.6 Å². The molecular formula is C22H14F11N5O2. The highest BCUT2D eigenvalue weighted by atomic mass is 19.4. The third kappa shape index (κ3) is 6.85. The van der Waals surface area contributed by atoms with Crippen LogP contribution in [0.1, 0.15) is 11.1 Å². The summed E-state index contributed by atoms with van der Waals surface area (Å²) in [6, 6.07) is 7.24. The van der Waals surface area contributed by atoms with E-state index in [2.05, 4.69) is 30.5 Å². The van der Waals surface area contributed by atoms with Crippen LogP contribution in [0.25, 0.3) is 0 Å². The lowest BCUT2D eigenvalue weighted by Crippen LogP contribution is -2.53. The molecule has 18 heteroatoms. The largest absolute Gasteiger partial charge is 0.461 e. The van der Waals surface area contributed by atoms with Crippen LogP contribution in [0, 0.1) is 5.95 Å². The monoisotopic (exact) mass is 589 g/mol. The number of hydrogen-bond donors (Lipinski definition) is 3. The minimum atomic E-state index is -6.07. The molecule has 216 valence electrons. The average Bonchev–Trinajstić information content (AvgIpc) is 2.83. The fourth-order valence-electron chi connectivity index (χ4n) is 2.95. The predicted octanol–water partition coefficient (Wildman–Crippen LogP) is 6.35. The summed E-state index contributed by atoms with van der Waals surface area (Å²) in [6.07, 6.45) is -19.8. The second kappa shape index (κ2) is 11.1. The van der Waals surface area contributed by atoms with Crippen molar-refractivity contribution in [3.8, 4) is 5.75 Å². The zero-order valence-corrected chi connectivity index (χ0v) is 19.2. The second-order valence-corrected chi connectivity index (χ2v) is 7.71. The number of alkyl halides is 10. The zero-order valence-electron chi connectivity index (χ0n) is 19.2. The molecule has 40 heavy (non-hydrogen) atoms. The molecule has 0 aliphatic heterocycles. The third-order valence-electron chi connectivity index (χ3n) is 4.86. The average molecular weight is 589 g/mol. The van der Waals surface area contributed by atoms with Gasteiger partial charge in [-0.2, -0.15) is 63.4 Å². The molecule has 1 heterocycles. The van der Waals surface area contributed by atoms with E-state index in [0.717, 1.165) is 36.5 Å². The van der Waals surface area contributed by atoms with Gasteiger partial charge in [-0.1, -0.05) is 12.1 Å². The Morgan fingerprint density at radius 3 is 1.95 bits per heavy atom. The highest BCUT2D eigenvalue weighted by molar-refractivity contribution is 5.80. The summed E-state index contributed by atoms with van der Waals surface area (Å²) in [5, 5.41) is 15.5. The van der Waals surface area contributed by atoms with E-state index in [0.29, 0.717) is 12.1 Å². The summed E-state index contributed by atoms with van der Waals surface area (Å²) in [5.41, 5.74) is -4.30. The number of ether oxygens (including phenoxy) is 1.